The molecule has 15 nitrogen and oxygen atoms in total. The summed E-state index contributed by atoms with van der Waals surface area (Å²) in [4.78, 5) is 85.9. The summed E-state index contributed by atoms with van der Waals surface area (Å²) in [7, 11) is 1.25. The highest BCUT2D eigenvalue weighted by molar-refractivity contribution is 8.00. The molecular weight excluding hydrogens is 715 g/mol. The summed E-state index contributed by atoms with van der Waals surface area (Å²) in [6.45, 7) is 3.65. The predicted molar refractivity (Wildman–Crippen MR) is 196 cm³/mol. The van der Waals surface area contributed by atoms with Crippen LogP contribution < -0.4 is 10.6 Å². The number of nitrogens with zero attached hydrogens (tertiary/aromatic N) is 3. The molecule has 0 aliphatic carbocycles. The van der Waals surface area contributed by atoms with Crippen LogP contribution in [0, 0.1) is 0 Å². The van der Waals surface area contributed by atoms with E-state index < -0.39 is 47.2 Å². The van der Waals surface area contributed by atoms with Gasteiger partial charge in [0.1, 0.15) is 43.1 Å². The SMILES string of the molecule is CCCCCCCCC(=O)OCC(COC(=O)CCCCCCCC)OC(=O)C1=CCS[C@@H]2C(NC(=O)C(=NOC)c3csc(NC=O)n3)C(=O)N12. The van der Waals surface area contributed by atoms with Crippen LogP contribution >= 0.6 is 23.1 Å². The standard InChI is InChI=1S/C35H51N5O10S2/c1-4-6-8-10-12-14-16-27(42)48-20-24(21-49-28(43)17-15-13-11-9-7-5-2)50-34(46)26-18-19-51-33-30(32(45)40(26)33)38-31(44)29(39-47-3)25-22-52-35(37-25)36-23-41/h18,22-24,30,33H,4-17,19-21H2,1-3H3,(H,38,44)(H,36,37,41)/t30?,33-/m1/s1. The maximum absolute atomic E-state index is 13.5. The summed E-state index contributed by atoms with van der Waals surface area (Å²) in [6, 6.07) is -0.996. The van der Waals surface area contributed by atoms with E-state index in [9.17, 15) is 28.8 Å². The number of aromatic nitrogens is 1. The minimum absolute atomic E-state index is 0.0316. The van der Waals surface area contributed by atoms with Crippen LogP contribution in [0.4, 0.5) is 5.13 Å². The zero-order valence-electron chi connectivity index (χ0n) is 30.2. The van der Waals surface area contributed by atoms with E-state index >= 15 is 0 Å². The van der Waals surface area contributed by atoms with Crippen molar-refractivity contribution in [2.45, 2.75) is 121 Å². The van der Waals surface area contributed by atoms with Crippen LogP contribution in [0.2, 0.25) is 0 Å². The summed E-state index contributed by atoms with van der Waals surface area (Å²) in [5.41, 5.74) is -0.111. The van der Waals surface area contributed by atoms with Gasteiger partial charge in [-0.3, -0.25) is 28.9 Å². The van der Waals surface area contributed by atoms with Gasteiger partial charge in [0.15, 0.2) is 16.9 Å². The van der Waals surface area contributed by atoms with Crippen molar-refractivity contribution in [3.05, 3.63) is 22.8 Å². The topological polar surface area (TPSA) is 192 Å². The van der Waals surface area contributed by atoms with Crippen molar-refractivity contribution >= 4 is 70.1 Å². The fourth-order valence-electron chi connectivity index (χ4n) is 5.48. The number of carbonyl (C=O) groups excluding carboxylic acids is 6. The third-order valence-electron chi connectivity index (χ3n) is 8.27. The highest BCUT2D eigenvalue weighted by Crippen LogP contribution is 2.38. The van der Waals surface area contributed by atoms with E-state index in [2.05, 4.69) is 34.6 Å². The number of hydrogen-bond acceptors (Lipinski definition) is 14. The van der Waals surface area contributed by atoms with Crippen molar-refractivity contribution in [1.82, 2.24) is 15.2 Å². The second-order valence-electron chi connectivity index (χ2n) is 12.3. The number of β-lactam (4-membered cyclic amide) rings is 1. The molecule has 0 aromatic carbocycles. The van der Waals surface area contributed by atoms with Crippen LogP contribution in [-0.2, 0) is 47.8 Å². The van der Waals surface area contributed by atoms with E-state index in [0.29, 0.717) is 25.0 Å². The minimum atomic E-state index is -1.10. The van der Waals surface area contributed by atoms with Crippen LogP contribution in [0.25, 0.3) is 0 Å². The lowest BCUT2D eigenvalue weighted by Crippen LogP contribution is -2.70. The molecular formula is C35H51N5O10S2. The Morgan fingerprint density at radius 3 is 2.13 bits per heavy atom. The van der Waals surface area contributed by atoms with Gasteiger partial charge in [0.05, 0.1) is 0 Å². The summed E-state index contributed by atoms with van der Waals surface area (Å²) < 4.78 is 16.5. The number of carbonyl (C=O) groups is 6. The van der Waals surface area contributed by atoms with Gasteiger partial charge in [-0.25, -0.2) is 9.78 Å². The first-order chi connectivity index (χ1) is 25.2. The molecule has 0 radical (unpaired) electrons. The Hall–Kier alpha value is -3.99. The van der Waals surface area contributed by atoms with Gasteiger partial charge in [0, 0.05) is 24.0 Å². The molecule has 2 aliphatic heterocycles. The Morgan fingerprint density at radius 1 is 0.962 bits per heavy atom. The number of fused-ring (bicyclic) bond motifs is 1. The van der Waals surface area contributed by atoms with Gasteiger partial charge >= 0.3 is 17.9 Å². The first-order valence-corrected chi connectivity index (χ1v) is 19.9. The highest BCUT2D eigenvalue weighted by Gasteiger charge is 2.53. The maximum atomic E-state index is 13.5. The molecule has 3 heterocycles. The van der Waals surface area contributed by atoms with Crippen molar-refractivity contribution < 1.29 is 47.8 Å². The smallest absolute Gasteiger partial charge is 0.355 e. The average Bonchev–Trinajstić information content (AvgIpc) is 3.61. The van der Waals surface area contributed by atoms with Gasteiger partial charge in [-0.2, -0.15) is 0 Å². The van der Waals surface area contributed by atoms with Gasteiger partial charge in [0.2, 0.25) is 6.41 Å². The number of hydrogen-bond donors (Lipinski definition) is 2. The number of amides is 3. The summed E-state index contributed by atoms with van der Waals surface area (Å²) in [6.07, 6.45) is 13.4. The van der Waals surface area contributed by atoms with Gasteiger partial charge in [-0.15, -0.1) is 23.1 Å². The number of unbranched alkanes of at least 4 members (excludes halogenated alkanes) is 10. The number of thioether (sulfide) groups is 1. The fourth-order valence-corrected chi connectivity index (χ4v) is 7.33. The monoisotopic (exact) mass is 765 g/mol. The molecule has 1 aromatic heterocycles. The van der Waals surface area contributed by atoms with Crippen LogP contribution in [0.15, 0.2) is 22.3 Å². The molecule has 1 saturated heterocycles. The number of nitrogens with one attached hydrogen (secondary N) is 2. The van der Waals surface area contributed by atoms with Crippen molar-refractivity contribution in [2.75, 3.05) is 31.4 Å². The molecule has 3 rings (SSSR count). The number of rotatable bonds is 26. The lowest BCUT2D eigenvalue weighted by Gasteiger charge is -2.48. The first-order valence-electron chi connectivity index (χ1n) is 18.0. The third-order valence-corrected chi connectivity index (χ3v) is 10.2. The van der Waals surface area contributed by atoms with Crippen LogP contribution in [0.5, 0.6) is 0 Å². The Bertz CT molecular complexity index is 1390. The summed E-state index contributed by atoms with van der Waals surface area (Å²) in [5.74, 6) is -2.70. The largest absolute Gasteiger partial charge is 0.462 e. The molecule has 1 aromatic rings. The lowest BCUT2D eigenvalue weighted by molar-refractivity contribution is -0.167. The number of oxime groups is 1. The molecule has 52 heavy (non-hydrogen) atoms. The van der Waals surface area contributed by atoms with Gasteiger partial charge in [-0.1, -0.05) is 83.2 Å². The van der Waals surface area contributed by atoms with E-state index in [4.69, 9.17) is 19.0 Å². The molecule has 0 saturated carbocycles. The minimum Gasteiger partial charge on any atom is -0.462 e. The maximum Gasteiger partial charge on any atom is 0.355 e. The van der Waals surface area contributed by atoms with Gasteiger partial charge in [-0.05, 0) is 18.9 Å². The van der Waals surface area contributed by atoms with E-state index in [1.54, 1.807) is 6.08 Å². The van der Waals surface area contributed by atoms with Crippen molar-refractivity contribution in [2.24, 2.45) is 5.16 Å². The van der Waals surface area contributed by atoms with Crippen LogP contribution in [-0.4, -0.2) is 95.3 Å². The molecule has 2 atom stereocenters. The molecule has 1 unspecified atom stereocenters. The Balaban J connectivity index is 1.59. The van der Waals surface area contributed by atoms with Crippen molar-refractivity contribution in [3.63, 3.8) is 0 Å². The number of ether oxygens (including phenoxy) is 3. The van der Waals surface area contributed by atoms with Crippen molar-refractivity contribution in [1.29, 1.82) is 0 Å². The quantitative estimate of drug-likeness (QED) is 0.0248. The van der Waals surface area contributed by atoms with Gasteiger partial charge in [0.25, 0.3) is 11.8 Å². The van der Waals surface area contributed by atoms with E-state index in [1.807, 2.05) is 0 Å². The Morgan fingerprint density at radius 2 is 1.56 bits per heavy atom. The molecule has 17 heteroatoms. The second kappa shape index (κ2) is 23.5. The second-order valence-corrected chi connectivity index (χ2v) is 14.3. The zero-order chi connectivity index (χ0) is 37.7. The fraction of sp³-hybridized carbons (Fsp3) is 0.657. The normalized spacial score (nSPS) is 16.7. The summed E-state index contributed by atoms with van der Waals surface area (Å²) >= 11 is 2.40. The van der Waals surface area contributed by atoms with Crippen LogP contribution in [0.1, 0.15) is 109 Å². The molecule has 0 spiro atoms. The van der Waals surface area contributed by atoms with Gasteiger partial charge < -0.3 is 29.7 Å². The van der Waals surface area contributed by atoms with E-state index in [-0.39, 0.29) is 48.3 Å². The predicted octanol–water partition coefficient (Wildman–Crippen LogP) is 4.85. The molecule has 1 fully saturated rings. The molecule has 0 bridgehead atoms. The van der Waals surface area contributed by atoms with E-state index in [0.717, 1.165) is 75.5 Å². The molecule has 2 aliphatic rings. The Labute approximate surface area is 313 Å². The van der Waals surface area contributed by atoms with Crippen LogP contribution in [0.3, 0.4) is 0 Å². The van der Waals surface area contributed by atoms with E-state index in [1.165, 1.54) is 29.2 Å². The third kappa shape index (κ3) is 13.5. The highest BCUT2D eigenvalue weighted by atomic mass is 32.2. The molecule has 3 amide bonds. The zero-order valence-corrected chi connectivity index (χ0v) is 31.9. The molecule has 2 N–H and O–H groups in total. The first kappa shape index (κ1) is 42.4. The lowest BCUT2D eigenvalue weighted by atomic mass is 10.0. The number of thiazole rings is 1. The Kier molecular flexibility index (Phi) is 19.2. The number of esters is 3. The summed E-state index contributed by atoms with van der Waals surface area (Å²) in [5, 5.41) is 9.89. The molecule has 288 valence electrons. The van der Waals surface area contributed by atoms with Crippen molar-refractivity contribution in [3.8, 4) is 0 Å². The number of anilines is 1. The average molecular weight is 766 g/mol.